The van der Waals surface area contributed by atoms with Crippen molar-refractivity contribution < 1.29 is 9.59 Å². The molecule has 8 heteroatoms. The van der Waals surface area contributed by atoms with Gasteiger partial charge in [0.15, 0.2) is 5.69 Å². The molecule has 2 fully saturated rings. The Labute approximate surface area is 224 Å². The van der Waals surface area contributed by atoms with E-state index in [0.29, 0.717) is 30.9 Å². The lowest BCUT2D eigenvalue weighted by Crippen LogP contribution is -2.54. The average Bonchev–Trinajstić information content (AvgIpc) is 3.40. The van der Waals surface area contributed by atoms with Crippen LogP contribution in [0.15, 0.2) is 67.1 Å². The van der Waals surface area contributed by atoms with Gasteiger partial charge in [-0.1, -0.05) is 55.3 Å². The number of hydrogen-bond acceptors (Lipinski definition) is 4. The highest BCUT2D eigenvalue weighted by atomic mass is 16.2. The fourth-order valence-corrected chi connectivity index (χ4v) is 5.53. The highest BCUT2D eigenvalue weighted by Crippen LogP contribution is 2.27. The summed E-state index contributed by atoms with van der Waals surface area (Å²) < 4.78 is 2.15. The Hall–Kier alpha value is -3.96. The zero-order valence-corrected chi connectivity index (χ0v) is 21.6. The molecule has 2 atom stereocenters. The Morgan fingerprint density at radius 3 is 2.42 bits per heavy atom. The van der Waals surface area contributed by atoms with Gasteiger partial charge in [0, 0.05) is 57.1 Å². The van der Waals surface area contributed by atoms with Gasteiger partial charge in [0.1, 0.15) is 0 Å². The van der Waals surface area contributed by atoms with Gasteiger partial charge in [-0.25, -0.2) is 9.83 Å². The summed E-state index contributed by atoms with van der Waals surface area (Å²) in [5, 5.41) is 3.16. The van der Waals surface area contributed by atoms with Crippen LogP contribution in [-0.2, 0) is 17.9 Å². The monoisotopic (exact) mass is 510 g/mol. The van der Waals surface area contributed by atoms with E-state index in [4.69, 9.17) is 6.57 Å². The molecule has 0 radical (unpaired) electrons. The number of carbonyl (C=O) groups is 2. The first-order valence-electron chi connectivity index (χ1n) is 13.4. The largest absolute Gasteiger partial charge is 0.349 e. The molecule has 38 heavy (non-hydrogen) atoms. The molecule has 2 aliphatic rings. The molecule has 1 saturated heterocycles. The number of hydrogen-bond donors (Lipinski definition) is 1. The van der Waals surface area contributed by atoms with Gasteiger partial charge in [-0.05, 0) is 30.5 Å². The highest BCUT2D eigenvalue weighted by molar-refractivity contribution is 5.94. The molecule has 1 saturated carbocycles. The number of carbonyl (C=O) groups excluding carboxylic acids is 2. The highest BCUT2D eigenvalue weighted by Gasteiger charge is 2.35. The fraction of sp³-hybridized carbons (Fsp3) is 0.400. The lowest BCUT2D eigenvalue weighted by Gasteiger charge is -2.39. The molecule has 5 rings (SSSR count). The van der Waals surface area contributed by atoms with E-state index in [-0.39, 0.29) is 23.8 Å². The Bertz CT molecular complexity index is 1270. The number of piperazine rings is 1. The van der Waals surface area contributed by atoms with Crippen LogP contribution in [0.1, 0.15) is 47.3 Å². The number of nitrogens with one attached hydrogen (secondary N) is 1. The maximum Gasteiger partial charge on any atom is 0.251 e. The van der Waals surface area contributed by atoms with Crippen LogP contribution < -0.4 is 5.32 Å². The molecule has 0 bridgehead atoms. The van der Waals surface area contributed by atoms with E-state index in [2.05, 4.69) is 24.6 Å². The maximum atomic E-state index is 13.5. The second-order valence-electron chi connectivity index (χ2n) is 10.2. The first kappa shape index (κ1) is 25.7. The molecule has 1 N–H and O–H groups in total. The van der Waals surface area contributed by atoms with Gasteiger partial charge in [-0.2, -0.15) is 0 Å². The molecule has 3 aromatic rings. The van der Waals surface area contributed by atoms with Crippen LogP contribution in [0.4, 0.5) is 5.69 Å². The van der Waals surface area contributed by atoms with Crippen LogP contribution in [0.25, 0.3) is 4.85 Å². The normalized spacial score (nSPS) is 20.0. The lowest BCUT2D eigenvalue weighted by atomic mass is 9.83. The van der Waals surface area contributed by atoms with Gasteiger partial charge in [0.25, 0.3) is 5.91 Å². The topological polar surface area (TPSA) is 74.8 Å². The minimum absolute atomic E-state index is 0.0981. The molecule has 2 aromatic carbocycles. The number of imidazole rings is 1. The van der Waals surface area contributed by atoms with Gasteiger partial charge in [0.05, 0.1) is 24.5 Å². The molecule has 8 nitrogen and oxygen atoms in total. The van der Waals surface area contributed by atoms with E-state index in [1.54, 1.807) is 0 Å². The van der Waals surface area contributed by atoms with Crippen molar-refractivity contribution in [2.45, 2.75) is 44.8 Å². The molecular weight excluding hydrogens is 476 g/mol. The van der Waals surface area contributed by atoms with Gasteiger partial charge in [-0.3, -0.25) is 14.5 Å². The summed E-state index contributed by atoms with van der Waals surface area (Å²) >= 11 is 0. The molecule has 1 unspecified atom stereocenters. The first-order valence-corrected chi connectivity index (χ1v) is 13.4. The number of benzene rings is 2. The third-order valence-electron chi connectivity index (χ3n) is 7.72. The first-order chi connectivity index (χ1) is 18.6. The maximum absolute atomic E-state index is 13.5. The third kappa shape index (κ3) is 6.12. The quantitative estimate of drug-likeness (QED) is 0.486. The molecule has 1 aliphatic carbocycles. The van der Waals surface area contributed by atoms with Gasteiger partial charge in [0.2, 0.25) is 5.91 Å². The van der Waals surface area contributed by atoms with Crippen LogP contribution in [0.5, 0.6) is 0 Å². The summed E-state index contributed by atoms with van der Waals surface area (Å²) in [7, 11) is 0. The molecule has 1 aliphatic heterocycles. The Morgan fingerprint density at radius 1 is 0.947 bits per heavy atom. The van der Waals surface area contributed by atoms with E-state index in [1.807, 2.05) is 72.0 Å². The van der Waals surface area contributed by atoms with Crippen LogP contribution in [0, 0.1) is 12.5 Å². The van der Waals surface area contributed by atoms with Crippen LogP contribution in [0.2, 0.25) is 0 Å². The zero-order valence-electron chi connectivity index (χ0n) is 21.6. The van der Waals surface area contributed by atoms with E-state index in [1.165, 1.54) is 0 Å². The predicted molar refractivity (Wildman–Crippen MR) is 146 cm³/mol. The van der Waals surface area contributed by atoms with Crippen LogP contribution in [0.3, 0.4) is 0 Å². The van der Waals surface area contributed by atoms with E-state index < -0.39 is 0 Å². The standard InChI is InChI=1S/C30H34N6O2/c1-31-25-13-11-23(12-14-25)20-36-22-32-19-26(36)21-34-15-17-35(18-16-34)30(38)27-9-5-6-10-28(27)33-29(37)24-7-3-2-4-8-24/h2-4,7-8,11-14,19,22,27-28H,5-6,9-10,15-18,20-21H2,(H,33,37)/t27-,28?/m0/s1. The summed E-state index contributed by atoms with van der Waals surface area (Å²) in [4.78, 5) is 38.5. The van der Waals surface area contributed by atoms with Crippen LogP contribution in [-0.4, -0.2) is 63.4 Å². The van der Waals surface area contributed by atoms with Crippen molar-refractivity contribution >= 4 is 17.5 Å². The van der Waals surface area contributed by atoms with Crippen molar-refractivity contribution in [1.82, 2.24) is 24.7 Å². The second-order valence-corrected chi connectivity index (χ2v) is 10.2. The number of nitrogens with zero attached hydrogens (tertiary/aromatic N) is 5. The van der Waals surface area contributed by atoms with Gasteiger partial charge < -0.3 is 14.8 Å². The van der Waals surface area contributed by atoms with Crippen molar-refractivity contribution in [3.8, 4) is 0 Å². The summed E-state index contributed by atoms with van der Waals surface area (Å²) in [5.74, 6) is -0.0756. The summed E-state index contributed by atoms with van der Waals surface area (Å²) in [6.45, 7) is 11.6. The Balaban J connectivity index is 1.14. The average molecular weight is 511 g/mol. The van der Waals surface area contributed by atoms with Crippen LogP contribution >= 0.6 is 0 Å². The molecular formula is C30H34N6O2. The Morgan fingerprint density at radius 2 is 1.68 bits per heavy atom. The summed E-state index contributed by atoms with van der Waals surface area (Å²) in [6.07, 6.45) is 7.50. The fourth-order valence-electron chi connectivity index (χ4n) is 5.53. The molecule has 196 valence electrons. The Kier molecular flexibility index (Phi) is 8.15. The smallest absolute Gasteiger partial charge is 0.251 e. The number of aromatic nitrogens is 2. The second kappa shape index (κ2) is 12.1. The van der Waals surface area contributed by atoms with Crippen molar-refractivity contribution in [2.24, 2.45) is 5.92 Å². The third-order valence-corrected chi connectivity index (χ3v) is 7.72. The zero-order chi connectivity index (χ0) is 26.3. The predicted octanol–water partition coefficient (Wildman–Crippen LogP) is 4.12. The van der Waals surface area contributed by atoms with E-state index in [0.717, 1.165) is 56.6 Å². The molecule has 2 heterocycles. The van der Waals surface area contributed by atoms with Crippen molar-refractivity contribution in [1.29, 1.82) is 0 Å². The van der Waals surface area contributed by atoms with Gasteiger partial charge >= 0.3 is 0 Å². The number of rotatable bonds is 7. The van der Waals surface area contributed by atoms with E-state index in [9.17, 15) is 9.59 Å². The minimum Gasteiger partial charge on any atom is -0.349 e. The minimum atomic E-state index is -0.154. The lowest BCUT2D eigenvalue weighted by molar-refractivity contribution is -0.139. The van der Waals surface area contributed by atoms with Crippen molar-refractivity contribution in [3.63, 3.8) is 0 Å². The van der Waals surface area contributed by atoms with Crippen molar-refractivity contribution in [2.75, 3.05) is 26.2 Å². The summed E-state index contributed by atoms with van der Waals surface area (Å²) in [6, 6.07) is 16.8. The molecule has 1 aromatic heterocycles. The molecule has 2 amide bonds. The number of amides is 2. The summed E-state index contributed by atoms with van der Waals surface area (Å²) in [5.41, 5.74) is 3.55. The van der Waals surface area contributed by atoms with Crippen molar-refractivity contribution in [3.05, 3.63) is 95.4 Å². The SMILES string of the molecule is [C-]#[N+]c1ccc(Cn2cncc2CN2CCN(C(=O)[C@H]3CCCCC3NC(=O)c3ccccc3)CC2)cc1. The van der Waals surface area contributed by atoms with Gasteiger partial charge in [-0.15, -0.1) is 0 Å². The molecule has 0 spiro atoms. The van der Waals surface area contributed by atoms with E-state index >= 15 is 0 Å².